The molecule has 0 saturated heterocycles. The van der Waals surface area contributed by atoms with E-state index in [1.54, 1.807) is 11.8 Å². The van der Waals surface area contributed by atoms with E-state index in [2.05, 4.69) is 17.5 Å². The molecular formula is C15H14OS. The Morgan fingerprint density at radius 3 is 2.24 bits per heavy atom. The van der Waals surface area contributed by atoms with E-state index >= 15 is 0 Å². The van der Waals surface area contributed by atoms with E-state index in [1.807, 2.05) is 54.6 Å². The third kappa shape index (κ3) is 4.37. The van der Waals surface area contributed by atoms with E-state index in [0.29, 0.717) is 6.61 Å². The molecule has 0 aromatic heterocycles. The molecule has 2 aromatic rings. The van der Waals surface area contributed by atoms with Crippen molar-refractivity contribution in [2.45, 2.75) is 4.90 Å². The predicted molar refractivity (Wildman–Crippen MR) is 73.4 cm³/mol. The maximum absolute atomic E-state index is 5.54. The topological polar surface area (TPSA) is 9.23 Å². The van der Waals surface area contributed by atoms with Gasteiger partial charge in [0, 0.05) is 4.90 Å². The zero-order valence-electron chi connectivity index (χ0n) is 9.45. The van der Waals surface area contributed by atoms with Gasteiger partial charge in [0.1, 0.15) is 12.4 Å². The first-order valence-corrected chi connectivity index (χ1v) is 6.38. The van der Waals surface area contributed by atoms with E-state index in [1.165, 1.54) is 4.90 Å². The molecule has 0 aliphatic heterocycles. The lowest BCUT2D eigenvalue weighted by Crippen LogP contribution is -1.91. The van der Waals surface area contributed by atoms with Gasteiger partial charge in [-0.15, -0.1) is 0 Å². The minimum atomic E-state index is 0.601. The van der Waals surface area contributed by atoms with Gasteiger partial charge in [0.25, 0.3) is 0 Å². The SMILES string of the molecule is C(=CSc1ccccc1)COc1ccccc1. The van der Waals surface area contributed by atoms with Crippen molar-refractivity contribution in [3.63, 3.8) is 0 Å². The molecular weight excluding hydrogens is 228 g/mol. The summed E-state index contributed by atoms with van der Waals surface area (Å²) in [4.78, 5) is 1.24. The fourth-order valence-electron chi connectivity index (χ4n) is 1.33. The highest BCUT2D eigenvalue weighted by atomic mass is 32.2. The molecule has 0 bridgehead atoms. The van der Waals surface area contributed by atoms with Gasteiger partial charge in [-0.05, 0) is 35.7 Å². The molecule has 1 nitrogen and oxygen atoms in total. The zero-order valence-corrected chi connectivity index (χ0v) is 10.3. The molecule has 0 spiro atoms. The zero-order chi connectivity index (χ0) is 11.8. The Labute approximate surface area is 106 Å². The number of ether oxygens (including phenoxy) is 1. The number of thioether (sulfide) groups is 1. The van der Waals surface area contributed by atoms with Gasteiger partial charge in [-0.25, -0.2) is 0 Å². The average molecular weight is 242 g/mol. The Kier molecular flexibility index (Phi) is 4.73. The molecule has 0 unspecified atom stereocenters. The number of hydrogen-bond acceptors (Lipinski definition) is 2. The van der Waals surface area contributed by atoms with Crippen LogP contribution in [0.15, 0.2) is 77.0 Å². The first kappa shape index (κ1) is 11.8. The maximum Gasteiger partial charge on any atom is 0.119 e. The first-order valence-electron chi connectivity index (χ1n) is 5.50. The van der Waals surface area contributed by atoms with Crippen LogP contribution in [-0.4, -0.2) is 6.61 Å². The van der Waals surface area contributed by atoms with Gasteiger partial charge in [-0.1, -0.05) is 48.2 Å². The lowest BCUT2D eigenvalue weighted by Gasteiger charge is -2.01. The molecule has 0 aliphatic carbocycles. The van der Waals surface area contributed by atoms with Crippen molar-refractivity contribution in [1.29, 1.82) is 0 Å². The van der Waals surface area contributed by atoms with E-state index in [-0.39, 0.29) is 0 Å². The van der Waals surface area contributed by atoms with Crippen molar-refractivity contribution in [2.24, 2.45) is 0 Å². The number of rotatable bonds is 5. The summed E-state index contributed by atoms with van der Waals surface area (Å²) >= 11 is 1.70. The molecule has 0 fully saturated rings. The molecule has 17 heavy (non-hydrogen) atoms. The summed E-state index contributed by atoms with van der Waals surface area (Å²) in [6.07, 6.45) is 2.02. The number of benzene rings is 2. The highest BCUT2D eigenvalue weighted by molar-refractivity contribution is 8.02. The first-order chi connectivity index (χ1) is 8.45. The Morgan fingerprint density at radius 1 is 0.882 bits per heavy atom. The van der Waals surface area contributed by atoms with Crippen molar-refractivity contribution in [3.05, 3.63) is 72.1 Å². The molecule has 0 radical (unpaired) electrons. The highest BCUT2D eigenvalue weighted by Gasteiger charge is 1.88. The van der Waals surface area contributed by atoms with Crippen LogP contribution in [0.3, 0.4) is 0 Å². The van der Waals surface area contributed by atoms with Crippen molar-refractivity contribution in [2.75, 3.05) is 6.61 Å². The predicted octanol–water partition coefficient (Wildman–Crippen LogP) is 4.37. The summed E-state index contributed by atoms with van der Waals surface area (Å²) in [5.41, 5.74) is 0. The molecule has 0 amide bonds. The van der Waals surface area contributed by atoms with Crippen molar-refractivity contribution in [1.82, 2.24) is 0 Å². The van der Waals surface area contributed by atoms with Crippen LogP contribution >= 0.6 is 11.8 Å². The fraction of sp³-hybridized carbons (Fsp3) is 0.0667. The largest absolute Gasteiger partial charge is 0.490 e. The number of para-hydroxylation sites is 1. The molecule has 0 N–H and O–H groups in total. The third-order valence-electron chi connectivity index (χ3n) is 2.13. The summed E-state index contributed by atoms with van der Waals surface area (Å²) < 4.78 is 5.54. The summed E-state index contributed by atoms with van der Waals surface area (Å²) in [6.45, 7) is 0.601. The van der Waals surface area contributed by atoms with E-state index < -0.39 is 0 Å². The lowest BCUT2D eigenvalue weighted by molar-refractivity contribution is 0.363. The van der Waals surface area contributed by atoms with Crippen molar-refractivity contribution < 1.29 is 4.74 Å². The van der Waals surface area contributed by atoms with Crippen LogP contribution in [0.2, 0.25) is 0 Å². The molecule has 86 valence electrons. The summed E-state index contributed by atoms with van der Waals surface area (Å²) in [7, 11) is 0. The van der Waals surface area contributed by atoms with Crippen LogP contribution in [0.5, 0.6) is 5.75 Å². The van der Waals surface area contributed by atoms with Crippen LogP contribution in [-0.2, 0) is 0 Å². The van der Waals surface area contributed by atoms with Gasteiger partial charge in [0.05, 0.1) is 0 Å². The van der Waals surface area contributed by atoms with E-state index in [9.17, 15) is 0 Å². The van der Waals surface area contributed by atoms with E-state index in [0.717, 1.165) is 5.75 Å². The summed E-state index contributed by atoms with van der Waals surface area (Å²) in [6, 6.07) is 20.1. The highest BCUT2D eigenvalue weighted by Crippen LogP contribution is 2.17. The molecule has 0 atom stereocenters. The minimum absolute atomic E-state index is 0.601. The summed E-state index contributed by atoms with van der Waals surface area (Å²) in [5.74, 6) is 0.905. The Bertz CT molecular complexity index is 451. The van der Waals surface area contributed by atoms with Gasteiger partial charge < -0.3 is 4.74 Å². The van der Waals surface area contributed by atoms with E-state index in [4.69, 9.17) is 4.74 Å². The third-order valence-corrected chi connectivity index (χ3v) is 3.01. The van der Waals surface area contributed by atoms with Crippen LogP contribution in [0.4, 0.5) is 0 Å². The second-order valence-corrected chi connectivity index (χ2v) is 4.41. The molecule has 0 heterocycles. The van der Waals surface area contributed by atoms with Gasteiger partial charge in [0.2, 0.25) is 0 Å². The van der Waals surface area contributed by atoms with Crippen LogP contribution in [0.25, 0.3) is 0 Å². The van der Waals surface area contributed by atoms with Crippen LogP contribution in [0.1, 0.15) is 0 Å². The van der Waals surface area contributed by atoms with Crippen LogP contribution < -0.4 is 4.74 Å². The Hall–Kier alpha value is -1.67. The molecule has 2 rings (SSSR count). The minimum Gasteiger partial charge on any atom is -0.490 e. The van der Waals surface area contributed by atoms with Gasteiger partial charge in [-0.2, -0.15) is 0 Å². The van der Waals surface area contributed by atoms with Crippen molar-refractivity contribution in [3.8, 4) is 5.75 Å². The van der Waals surface area contributed by atoms with Crippen LogP contribution in [0, 0.1) is 0 Å². The fourth-order valence-corrected chi connectivity index (χ4v) is 1.97. The monoisotopic (exact) mass is 242 g/mol. The lowest BCUT2D eigenvalue weighted by atomic mass is 10.3. The Morgan fingerprint density at radius 2 is 1.53 bits per heavy atom. The van der Waals surface area contributed by atoms with Gasteiger partial charge in [-0.3, -0.25) is 0 Å². The molecule has 2 aromatic carbocycles. The average Bonchev–Trinajstić information content (AvgIpc) is 2.41. The second kappa shape index (κ2) is 6.81. The van der Waals surface area contributed by atoms with Gasteiger partial charge >= 0.3 is 0 Å². The molecule has 0 aliphatic rings. The van der Waals surface area contributed by atoms with Crippen molar-refractivity contribution >= 4 is 11.8 Å². The second-order valence-electron chi connectivity index (χ2n) is 3.43. The summed E-state index contributed by atoms with van der Waals surface area (Å²) in [5, 5.41) is 2.05. The maximum atomic E-state index is 5.54. The quantitative estimate of drug-likeness (QED) is 0.720. The normalized spacial score (nSPS) is 10.6. The standard InChI is InChI=1S/C15H14OS/c1-3-8-14(9-4-1)16-12-7-13-17-15-10-5-2-6-11-15/h1-11,13H,12H2. The Balaban J connectivity index is 1.72. The smallest absolute Gasteiger partial charge is 0.119 e. The number of hydrogen-bond donors (Lipinski definition) is 0. The molecule has 2 heteroatoms. The van der Waals surface area contributed by atoms with Gasteiger partial charge in [0.15, 0.2) is 0 Å². The molecule has 0 saturated carbocycles.